The standard InChI is InChI=1S/C25H28N4O/c1-25(9-11-27-12-10-25)15-24-28-16-21(17-29-24)23(30)14-20-13-19(7-8-22(20)26)18-5-3-2-4-6-18/h2-8,13,16-17,27H,9-12,14-15,26H2,1H3. The molecule has 2 aromatic carbocycles. The normalized spacial score (nSPS) is 15.6. The van der Waals surface area contributed by atoms with Crippen molar-refractivity contribution >= 4 is 11.5 Å². The number of nitrogen functional groups attached to an aromatic ring is 1. The second-order valence-corrected chi connectivity index (χ2v) is 8.50. The molecule has 0 aliphatic carbocycles. The molecule has 2 heterocycles. The highest BCUT2D eigenvalue weighted by molar-refractivity contribution is 5.97. The summed E-state index contributed by atoms with van der Waals surface area (Å²) in [5.41, 5.74) is 10.5. The van der Waals surface area contributed by atoms with Crippen LogP contribution >= 0.6 is 0 Å². The zero-order valence-electron chi connectivity index (χ0n) is 17.4. The Balaban J connectivity index is 1.46. The Kier molecular flexibility index (Phi) is 5.91. The number of carbonyl (C=O) groups is 1. The van der Waals surface area contributed by atoms with Gasteiger partial charge in [-0.1, -0.05) is 43.3 Å². The number of nitrogens with one attached hydrogen (secondary N) is 1. The number of ketones is 1. The molecule has 4 rings (SSSR count). The zero-order valence-corrected chi connectivity index (χ0v) is 17.4. The minimum absolute atomic E-state index is 0.0217. The Morgan fingerprint density at radius 3 is 2.43 bits per heavy atom. The van der Waals surface area contributed by atoms with E-state index in [0.717, 1.165) is 54.9 Å². The van der Waals surface area contributed by atoms with Gasteiger partial charge in [-0.25, -0.2) is 9.97 Å². The van der Waals surface area contributed by atoms with Crippen LogP contribution in [0.3, 0.4) is 0 Å². The Hall–Kier alpha value is -3.05. The van der Waals surface area contributed by atoms with E-state index >= 15 is 0 Å². The molecule has 0 radical (unpaired) electrons. The van der Waals surface area contributed by atoms with Gasteiger partial charge >= 0.3 is 0 Å². The summed E-state index contributed by atoms with van der Waals surface area (Å²) in [6, 6.07) is 15.9. The highest BCUT2D eigenvalue weighted by atomic mass is 16.1. The van der Waals surface area contributed by atoms with Gasteiger partial charge in [-0.3, -0.25) is 4.79 Å². The number of hydrogen-bond donors (Lipinski definition) is 2. The molecule has 0 amide bonds. The van der Waals surface area contributed by atoms with Crippen molar-refractivity contribution in [1.82, 2.24) is 15.3 Å². The molecule has 3 N–H and O–H groups in total. The monoisotopic (exact) mass is 400 g/mol. The van der Waals surface area contributed by atoms with Crippen LogP contribution in [0.4, 0.5) is 5.69 Å². The number of piperidine rings is 1. The van der Waals surface area contributed by atoms with Crippen molar-refractivity contribution in [2.24, 2.45) is 5.41 Å². The summed E-state index contributed by atoms with van der Waals surface area (Å²) in [4.78, 5) is 21.8. The maximum atomic E-state index is 12.8. The van der Waals surface area contributed by atoms with Gasteiger partial charge in [-0.15, -0.1) is 0 Å². The van der Waals surface area contributed by atoms with E-state index in [-0.39, 0.29) is 17.6 Å². The smallest absolute Gasteiger partial charge is 0.170 e. The lowest BCUT2D eigenvalue weighted by Crippen LogP contribution is -2.36. The number of carbonyl (C=O) groups excluding carboxylic acids is 1. The number of aromatic nitrogens is 2. The summed E-state index contributed by atoms with van der Waals surface area (Å²) in [6.07, 6.45) is 6.63. The molecule has 5 nitrogen and oxygen atoms in total. The van der Waals surface area contributed by atoms with Crippen LogP contribution in [0.15, 0.2) is 60.9 Å². The van der Waals surface area contributed by atoms with Crippen molar-refractivity contribution < 1.29 is 4.79 Å². The van der Waals surface area contributed by atoms with Gasteiger partial charge in [-0.2, -0.15) is 0 Å². The lowest BCUT2D eigenvalue weighted by atomic mass is 9.78. The van der Waals surface area contributed by atoms with E-state index in [4.69, 9.17) is 5.73 Å². The van der Waals surface area contributed by atoms with E-state index in [2.05, 4.69) is 22.2 Å². The van der Waals surface area contributed by atoms with E-state index in [9.17, 15) is 4.79 Å². The predicted octanol–water partition coefficient (Wildman–Crippen LogP) is 4.08. The molecule has 1 aromatic heterocycles. The van der Waals surface area contributed by atoms with Crippen LogP contribution in [0.5, 0.6) is 0 Å². The fourth-order valence-corrected chi connectivity index (χ4v) is 4.02. The van der Waals surface area contributed by atoms with E-state index in [1.54, 1.807) is 12.4 Å². The van der Waals surface area contributed by atoms with Crippen molar-refractivity contribution in [3.05, 3.63) is 77.9 Å². The third kappa shape index (κ3) is 4.74. The van der Waals surface area contributed by atoms with Crippen molar-refractivity contribution in [3.8, 4) is 11.1 Å². The third-order valence-electron chi connectivity index (χ3n) is 6.02. The molecule has 0 spiro atoms. The van der Waals surface area contributed by atoms with Crippen LogP contribution in [0, 0.1) is 5.41 Å². The maximum Gasteiger partial charge on any atom is 0.170 e. The largest absolute Gasteiger partial charge is 0.398 e. The Morgan fingerprint density at radius 2 is 1.73 bits per heavy atom. The molecule has 0 unspecified atom stereocenters. The number of nitrogens with zero attached hydrogens (tertiary/aromatic N) is 2. The molecule has 1 aliphatic heterocycles. The van der Waals surface area contributed by atoms with Gasteiger partial charge in [-0.05, 0) is 60.2 Å². The number of anilines is 1. The summed E-state index contributed by atoms with van der Waals surface area (Å²) in [6.45, 7) is 4.37. The van der Waals surface area contributed by atoms with Gasteiger partial charge in [0.25, 0.3) is 0 Å². The minimum Gasteiger partial charge on any atom is -0.398 e. The second kappa shape index (κ2) is 8.76. The van der Waals surface area contributed by atoms with E-state index in [1.165, 1.54) is 0 Å². The number of benzene rings is 2. The van der Waals surface area contributed by atoms with Gasteiger partial charge in [0.15, 0.2) is 5.78 Å². The SMILES string of the molecule is CC1(Cc2ncc(C(=O)Cc3cc(-c4ccccc4)ccc3N)cn2)CCNCC1. The molecule has 0 saturated carbocycles. The fraction of sp³-hybridized carbons (Fsp3) is 0.320. The fourth-order valence-electron chi connectivity index (χ4n) is 4.02. The summed E-state index contributed by atoms with van der Waals surface area (Å²) in [5.74, 6) is 0.785. The van der Waals surface area contributed by atoms with Crippen molar-refractivity contribution in [3.63, 3.8) is 0 Å². The second-order valence-electron chi connectivity index (χ2n) is 8.50. The first kappa shape index (κ1) is 20.2. The van der Waals surface area contributed by atoms with Crippen molar-refractivity contribution in [1.29, 1.82) is 0 Å². The summed E-state index contributed by atoms with van der Waals surface area (Å²) in [5, 5.41) is 3.40. The lowest BCUT2D eigenvalue weighted by Gasteiger charge is -2.33. The molecule has 154 valence electrons. The number of nitrogens with two attached hydrogens (primary N) is 1. The molecule has 1 fully saturated rings. The van der Waals surface area contributed by atoms with Crippen LogP contribution in [0.1, 0.15) is 41.5 Å². The van der Waals surface area contributed by atoms with Crippen LogP contribution in [-0.4, -0.2) is 28.8 Å². The Bertz CT molecular complexity index is 1010. The first-order valence-corrected chi connectivity index (χ1v) is 10.5. The van der Waals surface area contributed by atoms with Gasteiger partial charge in [0.2, 0.25) is 0 Å². The van der Waals surface area contributed by atoms with Crippen molar-refractivity contribution in [2.75, 3.05) is 18.8 Å². The average molecular weight is 401 g/mol. The molecule has 0 atom stereocenters. The number of hydrogen-bond acceptors (Lipinski definition) is 5. The Labute approximate surface area is 177 Å². The topological polar surface area (TPSA) is 80.9 Å². The van der Waals surface area contributed by atoms with Crippen LogP contribution in [-0.2, 0) is 12.8 Å². The van der Waals surface area contributed by atoms with E-state index in [0.29, 0.717) is 11.3 Å². The predicted molar refractivity (Wildman–Crippen MR) is 120 cm³/mol. The van der Waals surface area contributed by atoms with Crippen LogP contribution in [0.25, 0.3) is 11.1 Å². The van der Waals surface area contributed by atoms with Gasteiger partial charge in [0.1, 0.15) is 5.82 Å². The zero-order chi connectivity index (χ0) is 21.0. The maximum absolute atomic E-state index is 12.8. The third-order valence-corrected chi connectivity index (χ3v) is 6.02. The number of rotatable bonds is 6. The quantitative estimate of drug-likeness (QED) is 0.481. The molecule has 0 bridgehead atoms. The lowest BCUT2D eigenvalue weighted by molar-refractivity contribution is 0.0992. The molecular weight excluding hydrogens is 372 g/mol. The molecule has 3 aromatic rings. The molecule has 1 aliphatic rings. The molecule has 1 saturated heterocycles. The highest BCUT2D eigenvalue weighted by Gasteiger charge is 2.28. The van der Waals surface area contributed by atoms with Gasteiger partial charge in [0, 0.05) is 30.9 Å². The molecule has 5 heteroatoms. The number of Topliss-reactive ketones (excluding diaryl/α,β-unsaturated/α-hetero) is 1. The first-order valence-electron chi connectivity index (χ1n) is 10.5. The first-order chi connectivity index (χ1) is 14.5. The Morgan fingerprint density at radius 1 is 1.03 bits per heavy atom. The van der Waals surface area contributed by atoms with Gasteiger partial charge in [0.05, 0.1) is 5.56 Å². The highest BCUT2D eigenvalue weighted by Crippen LogP contribution is 2.31. The van der Waals surface area contributed by atoms with Crippen LogP contribution in [0.2, 0.25) is 0 Å². The molecule has 30 heavy (non-hydrogen) atoms. The van der Waals surface area contributed by atoms with E-state index < -0.39 is 0 Å². The average Bonchev–Trinajstić information content (AvgIpc) is 2.76. The van der Waals surface area contributed by atoms with Crippen molar-refractivity contribution in [2.45, 2.75) is 32.6 Å². The van der Waals surface area contributed by atoms with Gasteiger partial charge < -0.3 is 11.1 Å². The minimum atomic E-state index is -0.0217. The summed E-state index contributed by atoms with van der Waals surface area (Å²) >= 11 is 0. The summed E-state index contributed by atoms with van der Waals surface area (Å²) in [7, 11) is 0. The van der Waals surface area contributed by atoms with Crippen LogP contribution < -0.4 is 11.1 Å². The molecular formula is C25H28N4O. The van der Waals surface area contributed by atoms with E-state index in [1.807, 2.05) is 48.5 Å². The summed E-state index contributed by atoms with van der Waals surface area (Å²) < 4.78 is 0.